The van der Waals surface area contributed by atoms with Gasteiger partial charge in [0.15, 0.2) is 0 Å². The van der Waals surface area contributed by atoms with Crippen LogP contribution in [0.5, 0.6) is 5.75 Å². The Hall–Kier alpha value is -1.06. The lowest BCUT2D eigenvalue weighted by Gasteiger charge is -2.35. The second-order valence-corrected chi connectivity index (χ2v) is 6.90. The van der Waals surface area contributed by atoms with Gasteiger partial charge >= 0.3 is 0 Å². The molecular formula is C18H29NO2. The number of rotatable bonds is 8. The van der Waals surface area contributed by atoms with Crippen LogP contribution in [-0.4, -0.2) is 29.9 Å². The van der Waals surface area contributed by atoms with E-state index in [0.717, 1.165) is 5.75 Å². The van der Waals surface area contributed by atoms with Gasteiger partial charge in [0, 0.05) is 6.04 Å². The van der Waals surface area contributed by atoms with Crippen LogP contribution in [-0.2, 0) is 0 Å². The molecule has 1 unspecified atom stereocenters. The first kappa shape index (κ1) is 16.3. The van der Waals surface area contributed by atoms with Crippen molar-refractivity contribution >= 4 is 0 Å². The molecule has 21 heavy (non-hydrogen) atoms. The molecule has 3 heteroatoms. The summed E-state index contributed by atoms with van der Waals surface area (Å²) in [5.41, 5.74) is 1.02. The maximum absolute atomic E-state index is 9.89. The summed E-state index contributed by atoms with van der Waals surface area (Å²) in [6.45, 7) is 9.25. The fourth-order valence-electron chi connectivity index (χ4n) is 2.87. The molecule has 1 aliphatic carbocycles. The molecule has 1 saturated carbocycles. The van der Waals surface area contributed by atoms with Gasteiger partial charge in [0.25, 0.3) is 0 Å². The maximum atomic E-state index is 9.89. The smallest absolute Gasteiger partial charge is 0.119 e. The lowest BCUT2D eigenvalue weighted by molar-refractivity contribution is 0.0778. The molecule has 2 N–H and O–H groups in total. The van der Waals surface area contributed by atoms with Crippen LogP contribution < -0.4 is 10.1 Å². The molecule has 0 aromatic heterocycles. The van der Waals surface area contributed by atoms with E-state index in [2.05, 4.69) is 45.1 Å². The highest BCUT2D eigenvalue weighted by Gasteiger charge is 2.45. The minimum absolute atomic E-state index is 0.125. The van der Waals surface area contributed by atoms with E-state index < -0.39 is 0 Å². The van der Waals surface area contributed by atoms with Crippen LogP contribution in [0.1, 0.15) is 52.0 Å². The van der Waals surface area contributed by atoms with Gasteiger partial charge in [0.05, 0.1) is 12.1 Å². The van der Waals surface area contributed by atoms with Gasteiger partial charge in [-0.2, -0.15) is 0 Å². The standard InChI is InChI=1S/C18H29NO2/c1-13(2)15-5-9-17(10-6-15)21-12-18(11-20,16-7-8-16)19-14(3)4/h5-6,9-10,13-14,16,19-20H,7-8,11-12H2,1-4H3. The Bertz CT molecular complexity index is 437. The Balaban J connectivity index is 2.01. The van der Waals surface area contributed by atoms with Crippen molar-refractivity contribution in [3.05, 3.63) is 29.8 Å². The number of hydrogen-bond donors (Lipinski definition) is 2. The third-order valence-electron chi connectivity index (χ3n) is 4.26. The number of nitrogens with one attached hydrogen (secondary N) is 1. The summed E-state index contributed by atoms with van der Waals surface area (Å²) < 4.78 is 5.98. The quantitative estimate of drug-likeness (QED) is 0.772. The average molecular weight is 291 g/mol. The summed E-state index contributed by atoms with van der Waals surface area (Å²) in [7, 11) is 0. The highest BCUT2D eigenvalue weighted by molar-refractivity contribution is 5.29. The lowest BCUT2D eigenvalue weighted by atomic mass is 9.94. The van der Waals surface area contributed by atoms with Crippen molar-refractivity contribution in [2.75, 3.05) is 13.2 Å². The molecule has 1 atom stereocenters. The Kier molecular flexibility index (Phi) is 5.28. The zero-order chi connectivity index (χ0) is 15.5. The van der Waals surface area contributed by atoms with E-state index in [1.54, 1.807) is 0 Å². The monoisotopic (exact) mass is 291 g/mol. The Labute approximate surface area is 128 Å². The van der Waals surface area contributed by atoms with E-state index in [1.165, 1.54) is 18.4 Å². The predicted molar refractivity (Wildman–Crippen MR) is 86.8 cm³/mol. The molecular weight excluding hydrogens is 262 g/mol. The molecule has 0 heterocycles. The van der Waals surface area contributed by atoms with Gasteiger partial charge in [-0.25, -0.2) is 0 Å². The van der Waals surface area contributed by atoms with E-state index in [1.807, 2.05) is 12.1 Å². The largest absolute Gasteiger partial charge is 0.492 e. The van der Waals surface area contributed by atoms with Crippen LogP contribution >= 0.6 is 0 Å². The highest BCUT2D eigenvalue weighted by atomic mass is 16.5. The van der Waals surface area contributed by atoms with E-state index in [9.17, 15) is 5.11 Å². The van der Waals surface area contributed by atoms with Crippen LogP contribution in [0.4, 0.5) is 0 Å². The van der Waals surface area contributed by atoms with E-state index in [-0.39, 0.29) is 12.1 Å². The van der Waals surface area contributed by atoms with Gasteiger partial charge in [0.2, 0.25) is 0 Å². The first-order valence-corrected chi connectivity index (χ1v) is 8.08. The Morgan fingerprint density at radius 3 is 2.24 bits per heavy atom. The topological polar surface area (TPSA) is 41.5 Å². The van der Waals surface area contributed by atoms with Crippen LogP contribution in [0.25, 0.3) is 0 Å². The van der Waals surface area contributed by atoms with E-state index >= 15 is 0 Å². The third kappa shape index (κ3) is 4.21. The maximum Gasteiger partial charge on any atom is 0.119 e. The van der Waals surface area contributed by atoms with Gasteiger partial charge < -0.3 is 15.2 Å². The molecule has 0 amide bonds. The average Bonchev–Trinajstić information content (AvgIpc) is 3.28. The summed E-state index contributed by atoms with van der Waals surface area (Å²) in [5, 5.41) is 13.4. The molecule has 3 nitrogen and oxygen atoms in total. The fourth-order valence-corrected chi connectivity index (χ4v) is 2.87. The van der Waals surface area contributed by atoms with Gasteiger partial charge in [0.1, 0.15) is 12.4 Å². The highest BCUT2D eigenvalue weighted by Crippen LogP contribution is 2.40. The van der Waals surface area contributed by atoms with Crippen molar-refractivity contribution < 1.29 is 9.84 Å². The van der Waals surface area contributed by atoms with Crippen molar-refractivity contribution in [3.63, 3.8) is 0 Å². The second kappa shape index (κ2) is 6.80. The van der Waals surface area contributed by atoms with Crippen LogP contribution in [0.3, 0.4) is 0 Å². The molecule has 1 fully saturated rings. The third-order valence-corrected chi connectivity index (χ3v) is 4.26. The SMILES string of the molecule is CC(C)NC(CO)(COc1ccc(C(C)C)cc1)C1CC1. The first-order valence-electron chi connectivity index (χ1n) is 8.08. The summed E-state index contributed by atoms with van der Waals surface area (Å²) in [6.07, 6.45) is 2.35. The zero-order valence-corrected chi connectivity index (χ0v) is 13.7. The minimum Gasteiger partial charge on any atom is -0.492 e. The van der Waals surface area contributed by atoms with Crippen LogP contribution in [0, 0.1) is 5.92 Å². The van der Waals surface area contributed by atoms with Crippen molar-refractivity contribution in [2.45, 2.75) is 58.0 Å². The summed E-state index contributed by atoms with van der Waals surface area (Å²) in [4.78, 5) is 0. The molecule has 0 bridgehead atoms. The van der Waals surface area contributed by atoms with Crippen LogP contribution in [0.2, 0.25) is 0 Å². The summed E-state index contributed by atoms with van der Waals surface area (Å²) in [5.74, 6) is 1.94. The van der Waals surface area contributed by atoms with Crippen LogP contribution in [0.15, 0.2) is 24.3 Å². The van der Waals surface area contributed by atoms with E-state index in [0.29, 0.717) is 24.5 Å². The number of benzene rings is 1. The molecule has 0 aliphatic heterocycles. The number of ether oxygens (including phenoxy) is 1. The molecule has 118 valence electrons. The van der Waals surface area contributed by atoms with Crippen molar-refractivity contribution in [3.8, 4) is 5.75 Å². The first-order chi connectivity index (χ1) is 9.97. The van der Waals surface area contributed by atoms with E-state index in [4.69, 9.17) is 4.74 Å². The molecule has 2 rings (SSSR count). The summed E-state index contributed by atoms with van der Waals surface area (Å²) in [6, 6.07) is 8.63. The minimum atomic E-state index is -0.301. The van der Waals surface area contributed by atoms with Gasteiger partial charge in [-0.05, 0) is 42.4 Å². The Morgan fingerprint density at radius 2 is 1.81 bits per heavy atom. The number of aliphatic hydroxyl groups is 1. The zero-order valence-electron chi connectivity index (χ0n) is 13.7. The molecule has 1 aromatic rings. The predicted octanol–water partition coefficient (Wildman–Crippen LogP) is 3.33. The van der Waals surface area contributed by atoms with Crippen molar-refractivity contribution in [1.82, 2.24) is 5.32 Å². The Morgan fingerprint density at radius 1 is 1.19 bits per heavy atom. The molecule has 0 saturated heterocycles. The van der Waals surface area contributed by atoms with Crippen molar-refractivity contribution in [1.29, 1.82) is 0 Å². The fraction of sp³-hybridized carbons (Fsp3) is 0.667. The molecule has 1 aromatic carbocycles. The lowest BCUT2D eigenvalue weighted by Crippen LogP contribution is -2.57. The number of aliphatic hydroxyl groups excluding tert-OH is 1. The summed E-state index contributed by atoms with van der Waals surface area (Å²) >= 11 is 0. The van der Waals surface area contributed by atoms with Crippen molar-refractivity contribution in [2.24, 2.45) is 5.92 Å². The molecule has 0 radical (unpaired) electrons. The number of hydrogen-bond acceptors (Lipinski definition) is 3. The second-order valence-electron chi connectivity index (χ2n) is 6.90. The van der Waals surface area contributed by atoms with Gasteiger partial charge in [-0.15, -0.1) is 0 Å². The molecule has 0 spiro atoms. The molecule has 1 aliphatic rings. The van der Waals surface area contributed by atoms with Gasteiger partial charge in [-0.1, -0.05) is 39.8 Å². The van der Waals surface area contributed by atoms with Gasteiger partial charge in [-0.3, -0.25) is 0 Å². The normalized spacial score (nSPS) is 18.0.